The summed E-state index contributed by atoms with van der Waals surface area (Å²) in [5.74, 6) is 2.29. The standard InChI is InChI=1S/C47H40N4/c1-3-4-11-29-47(2)42-30-38(27-28-40(42)41-18-12-17-39(31-48)43(41)47)34-21-25-37(26-22-34)46-50-44(35-15-9-6-10-16-35)49-45(51-46)36-23-19-33(20-24-36)32-13-7-5-8-14-32/h5-10,12-28,42H,3-4,11,29-30H2,1-2H3. The van der Waals surface area contributed by atoms with Gasteiger partial charge in [0.2, 0.25) is 0 Å². The maximum atomic E-state index is 10.1. The predicted octanol–water partition coefficient (Wildman–Crippen LogP) is 11.7. The molecule has 248 valence electrons. The van der Waals surface area contributed by atoms with Gasteiger partial charge in [0.1, 0.15) is 0 Å². The second-order valence-electron chi connectivity index (χ2n) is 14.0. The minimum absolute atomic E-state index is 0.0729. The molecule has 2 aliphatic carbocycles. The van der Waals surface area contributed by atoms with Gasteiger partial charge in [0, 0.05) is 22.1 Å². The second kappa shape index (κ2) is 13.8. The molecule has 0 saturated heterocycles. The van der Waals surface area contributed by atoms with E-state index in [2.05, 4.69) is 111 Å². The molecule has 51 heavy (non-hydrogen) atoms. The van der Waals surface area contributed by atoms with E-state index in [1.807, 2.05) is 48.5 Å². The first-order valence-corrected chi connectivity index (χ1v) is 18.1. The third-order valence-electron chi connectivity index (χ3n) is 10.8. The van der Waals surface area contributed by atoms with Crippen LogP contribution in [0.2, 0.25) is 0 Å². The fourth-order valence-electron chi connectivity index (χ4n) is 8.11. The zero-order chi connectivity index (χ0) is 34.8. The Morgan fingerprint density at radius 3 is 1.73 bits per heavy atom. The lowest BCUT2D eigenvalue weighted by atomic mass is 9.67. The summed E-state index contributed by atoms with van der Waals surface area (Å²) in [5.41, 5.74) is 12.3. The monoisotopic (exact) mass is 660 g/mol. The average Bonchev–Trinajstić information content (AvgIpc) is 3.46. The molecular formula is C47H40N4. The molecule has 4 heteroatoms. The van der Waals surface area contributed by atoms with Gasteiger partial charge in [0.25, 0.3) is 0 Å². The van der Waals surface area contributed by atoms with E-state index in [1.54, 1.807) is 0 Å². The van der Waals surface area contributed by atoms with Gasteiger partial charge >= 0.3 is 0 Å². The van der Waals surface area contributed by atoms with Gasteiger partial charge in [0.15, 0.2) is 17.5 Å². The predicted molar refractivity (Wildman–Crippen MR) is 208 cm³/mol. The Labute approximate surface area is 300 Å². The van der Waals surface area contributed by atoms with Gasteiger partial charge in [-0.25, -0.2) is 15.0 Å². The number of rotatable bonds is 9. The van der Waals surface area contributed by atoms with E-state index in [-0.39, 0.29) is 5.41 Å². The molecule has 0 fully saturated rings. The summed E-state index contributed by atoms with van der Waals surface area (Å²) < 4.78 is 0. The first-order chi connectivity index (χ1) is 25.1. The Bertz CT molecular complexity index is 2300. The molecule has 5 aromatic carbocycles. The van der Waals surface area contributed by atoms with Crippen molar-refractivity contribution < 1.29 is 0 Å². The van der Waals surface area contributed by atoms with Gasteiger partial charge in [-0.1, -0.05) is 167 Å². The van der Waals surface area contributed by atoms with Gasteiger partial charge in [0.05, 0.1) is 11.6 Å². The van der Waals surface area contributed by atoms with E-state index < -0.39 is 0 Å². The van der Waals surface area contributed by atoms with Crippen molar-refractivity contribution in [2.75, 3.05) is 0 Å². The lowest BCUT2D eigenvalue weighted by Gasteiger charge is -2.35. The van der Waals surface area contributed by atoms with Crippen molar-refractivity contribution in [2.24, 2.45) is 5.92 Å². The van der Waals surface area contributed by atoms with Crippen LogP contribution < -0.4 is 0 Å². The summed E-state index contributed by atoms with van der Waals surface area (Å²) in [6.45, 7) is 4.66. The quantitative estimate of drug-likeness (QED) is 0.145. The third-order valence-corrected chi connectivity index (χ3v) is 10.8. The summed E-state index contributed by atoms with van der Waals surface area (Å²) in [6, 6.07) is 46.4. The highest BCUT2D eigenvalue weighted by molar-refractivity contribution is 5.87. The molecule has 2 aliphatic rings. The minimum Gasteiger partial charge on any atom is -0.208 e. The molecule has 1 heterocycles. The number of benzene rings is 5. The normalized spacial score (nSPS) is 17.5. The lowest BCUT2D eigenvalue weighted by Crippen LogP contribution is -2.29. The highest BCUT2D eigenvalue weighted by Crippen LogP contribution is 2.58. The molecule has 1 aromatic heterocycles. The van der Waals surface area contributed by atoms with E-state index in [0.717, 1.165) is 40.7 Å². The van der Waals surface area contributed by atoms with Crippen molar-refractivity contribution in [3.05, 3.63) is 162 Å². The minimum atomic E-state index is -0.0729. The van der Waals surface area contributed by atoms with E-state index in [1.165, 1.54) is 52.7 Å². The summed E-state index contributed by atoms with van der Waals surface area (Å²) in [4.78, 5) is 14.9. The Balaban J connectivity index is 1.12. The van der Waals surface area contributed by atoms with E-state index >= 15 is 0 Å². The SMILES string of the molecule is CCCCCC1(C)c2c(C#N)cccc2C2=CC=C(c3ccc(-c4nc(-c5ccccc5)nc(-c5ccc(-c6ccccc6)cc5)n4)cc3)CC21. The lowest BCUT2D eigenvalue weighted by molar-refractivity contribution is 0.338. The molecule has 0 saturated carbocycles. The van der Waals surface area contributed by atoms with Crippen LogP contribution >= 0.6 is 0 Å². The van der Waals surface area contributed by atoms with E-state index in [0.29, 0.717) is 23.4 Å². The molecule has 2 unspecified atom stereocenters. The van der Waals surface area contributed by atoms with Crippen LogP contribution in [0.25, 0.3) is 56.4 Å². The first-order valence-electron chi connectivity index (χ1n) is 18.1. The van der Waals surface area contributed by atoms with Crippen molar-refractivity contribution >= 4 is 11.1 Å². The molecule has 0 amide bonds. The van der Waals surface area contributed by atoms with Crippen molar-refractivity contribution in [3.8, 4) is 51.4 Å². The number of hydrogen-bond donors (Lipinski definition) is 0. The topological polar surface area (TPSA) is 62.5 Å². The van der Waals surface area contributed by atoms with Gasteiger partial charge < -0.3 is 0 Å². The van der Waals surface area contributed by atoms with Gasteiger partial charge in [-0.15, -0.1) is 0 Å². The van der Waals surface area contributed by atoms with Crippen LogP contribution in [0.3, 0.4) is 0 Å². The molecule has 0 N–H and O–H groups in total. The second-order valence-corrected chi connectivity index (χ2v) is 14.0. The molecular weight excluding hydrogens is 621 g/mol. The van der Waals surface area contributed by atoms with Crippen LogP contribution in [0.15, 0.2) is 140 Å². The molecule has 8 rings (SSSR count). The van der Waals surface area contributed by atoms with Gasteiger partial charge in [-0.3, -0.25) is 0 Å². The molecule has 2 atom stereocenters. The molecule has 6 aromatic rings. The highest BCUT2D eigenvalue weighted by atomic mass is 15.0. The van der Waals surface area contributed by atoms with Gasteiger partial charge in [-0.05, 0) is 63.8 Å². The third kappa shape index (κ3) is 6.10. The van der Waals surface area contributed by atoms with Crippen molar-refractivity contribution in [3.63, 3.8) is 0 Å². The number of allylic oxidation sites excluding steroid dienone is 4. The Hall–Kier alpha value is -5.92. The number of nitrogens with zero attached hydrogens (tertiary/aromatic N) is 4. The Kier molecular flexibility index (Phi) is 8.72. The fourth-order valence-corrected chi connectivity index (χ4v) is 8.11. The highest BCUT2D eigenvalue weighted by Gasteiger charge is 2.47. The van der Waals surface area contributed by atoms with Crippen LogP contribution in [0.1, 0.15) is 68.2 Å². The molecule has 0 aliphatic heterocycles. The van der Waals surface area contributed by atoms with Crippen molar-refractivity contribution in [2.45, 2.75) is 51.4 Å². The van der Waals surface area contributed by atoms with E-state index in [9.17, 15) is 5.26 Å². The molecule has 0 spiro atoms. The van der Waals surface area contributed by atoms with Crippen LogP contribution in [0, 0.1) is 17.2 Å². The molecule has 0 bridgehead atoms. The average molecular weight is 661 g/mol. The zero-order valence-corrected chi connectivity index (χ0v) is 29.2. The van der Waals surface area contributed by atoms with Gasteiger partial charge in [-0.2, -0.15) is 5.26 Å². The van der Waals surface area contributed by atoms with E-state index in [4.69, 9.17) is 15.0 Å². The summed E-state index contributed by atoms with van der Waals surface area (Å²) in [7, 11) is 0. The maximum Gasteiger partial charge on any atom is 0.164 e. The Morgan fingerprint density at radius 1 is 0.608 bits per heavy atom. The number of hydrogen-bond acceptors (Lipinski definition) is 4. The van der Waals surface area contributed by atoms with Crippen LogP contribution in [0.5, 0.6) is 0 Å². The fraction of sp³-hybridized carbons (Fsp3) is 0.191. The summed E-state index contributed by atoms with van der Waals surface area (Å²) in [5, 5.41) is 10.1. The van der Waals surface area contributed by atoms with Crippen LogP contribution in [-0.4, -0.2) is 15.0 Å². The first kappa shape index (κ1) is 32.3. The summed E-state index contributed by atoms with van der Waals surface area (Å²) in [6.07, 6.45) is 10.2. The number of unbranched alkanes of at least 4 members (excludes halogenated alkanes) is 2. The number of fused-ring (bicyclic) bond motifs is 3. The van der Waals surface area contributed by atoms with Crippen LogP contribution in [-0.2, 0) is 5.41 Å². The smallest absolute Gasteiger partial charge is 0.164 e. The number of aromatic nitrogens is 3. The van der Waals surface area contributed by atoms with Crippen molar-refractivity contribution in [1.29, 1.82) is 5.26 Å². The zero-order valence-electron chi connectivity index (χ0n) is 29.2. The largest absolute Gasteiger partial charge is 0.208 e. The summed E-state index contributed by atoms with van der Waals surface area (Å²) >= 11 is 0. The Morgan fingerprint density at radius 2 is 1.14 bits per heavy atom. The van der Waals surface area contributed by atoms with Crippen LogP contribution in [0.4, 0.5) is 0 Å². The van der Waals surface area contributed by atoms with Crippen molar-refractivity contribution in [1.82, 2.24) is 15.0 Å². The molecule has 0 radical (unpaired) electrons. The maximum absolute atomic E-state index is 10.1. The number of nitriles is 1. The molecule has 4 nitrogen and oxygen atoms in total.